The van der Waals surface area contributed by atoms with E-state index >= 15 is 0 Å². The Bertz CT molecular complexity index is 1060. The van der Waals surface area contributed by atoms with Crippen molar-refractivity contribution < 1.29 is 9.47 Å². The van der Waals surface area contributed by atoms with Crippen molar-refractivity contribution in [3.8, 4) is 5.75 Å². The molecule has 30 heavy (non-hydrogen) atoms. The lowest BCUT2D eigenvalue weighted by molar-refractivity contribution is 0.113. The summed E-state index contributed by atoms with van der Waals surface area (Å²) in [7, 11) is 1.61. The standard InChI is InChI=1S/C22H25N3O3S2/c1-27-17-7-6-15-10-16(21(26)24-20(15)11-17)13-25(14-19-5-3-9-30-19)22(29)23-12-18-4-2-8-28-18/h3,5-7,9-11,18H,2,4,8,12-14H2,1H3,(H,23,29)(H,24,26)/t18-/m1/s1. The fourth-order valence-corrected chi connectivity index (χ4v) is 4.52. The first-order chi connectivity index (χ1) is 14.6. The summed E-state index contributed by atoms with van der Waals surface area (Å²) in [6.07, 6.45) is 2.34. The second-order valence-corrected chi connectivity index (χ2v) is 8.75. The van der Waals surface area contributed by atoms with Crippen molar-refractivity contribution in [2.75, 3.05) is 20.3 Å². The van der Waals surface area contributed by atoms with Crippen molar-refractivity contribution in [1.29, 1.82) is 0 Å². The number of rotatable bonds is 7. The van der Waals surface area contributed by atoms with E-state index in [9.17, 15) is 4.79 Å². The van der Waals surface area contributed by atoms with Gasteiger partial charge in [0.1, 0.15) is 5.75 Å². The number of hydrogen-bond donors (Lipinski definition) is 2. The molecule has 1 fully saturated rings. The molecule has 1 atom stereocenters. The minimum Gasteiger partial charge on any atom is -0.497 e. The predicted molar refractivity (Wildman–Crippen MR) is 124 cm³/mol. The largest absolute Gasteiger partial charge is 0.497 e. The maximum Gasteiger partial charge on any atom is 0.253 e. The van der Waals surface area contributed by atoms with Crippen LogP contribution in [0, 0.1) is 0 Å². The van der Waals surface area contributed by atoms with E-state index in [0.717, 1.165) is 30.4 Å². The fraction of sp³-hybridized carbons (Fsp3) is 0.364. The highest BCUT2D eigenvalue weighted by molar-refractivity contribution is 7.80. The molecule has 3 heterocycles. The monoisotopic (exact) mass is 443 g/mol. The van der Waals surface area contributed by atoms with Gasteiger partial charge in [0.25, 0.3) is 5.56 Å². The van der Waals surface area contributed by atoms with Gasteiger partial charge in [-0.3, -0.25) is 4.79 Å². The Balaban J connectivity index is 1.54. The van der Waals surface area contributed by atoms with E-state index in [2.05, 4.69) is 16.4 Å². The van der Waals surface area contributed by atoms with Gasteiger partial charge in [0.2, 0.25) is 0 Å². The molecule has 1 saturated heterocycles. The van der Waals surface area contributed by atoms with Crippen LogP contribution in [0.4, 0.5) is 0 Å². The molecule has 4 rings (SSSR count). The number of fused-ring (bicyclic) bond motifs is 1. The van der Waals surface area contributed by atoms with Gasteiger partial charge in [0, 0.05) is 29.7 Å². The summed E-state index contributed by atoms with van der Waals surface area (Å²) in [4.78, 5) is 19.0. The number of H-pyrrole nitrogens is 1. The highest BCUT2D eigenvalue weighted by Gasteiger charge is 2.19. The number of nitrogens with zero attached hydrogens (tertiary/aromatic N) is 1. The van der Waals surface area contributed by atoms with Crippen LogP contribution < -0.4 is 15.6 Å². The molecule has 0 saturated carbocycles. The third-order valence-corrected chi connectivity index (χ3v) is 6.47. The van der Waals surface area contributed by atoms with Crippen LogP contribution in [0.2, 0.25) is 0 Å². The molecule has 0 amide bonds. The quantitative estimate of drug-likeness (QED) is 0.544. The zero-order valence-electron chi connectivity index (χ0n) is 16.8. The van der Waals surface area contributed by atoms with Crippen LogP contribution in [0.15, 0.2) is 46.6 Å². The van der Waals surface area contributed by atoms with E-state index in [1.54, 1.807) is 18.4 Å². The van der Waals surface area contributed by atoms with E-state index in [1.807, 2.05) is 40.6 Å². The van der Waals surface area contributed by atoms with Crippen molar-refractivity contribution >= 4 is 39.6 Å². The molecule has 8 heteroatoms. The van der Waals surface area contributed by atoms with Crippen molar-refractivity contribution in [3.05, 3.63) is 62.6 Å². The topological polar surface area (TPSA) is 66.6 Å². The third-order valence-electron chi connectivity index (χ3n) is 5.21. The summed E-state index contributed by atoms with van der Waals surface area (Å²) in [5, 5.41) is 6.98. The summed E-state index contributed by atoms with van der Waals surface area (Å²) < 4.78 is 10.9. The lowest BCUT2D eigenvalue weighted by atomic mass is 10.1. The second kappa shape index (κ2) is 9.59. The molecule has 1 aliphatic rings. The number of aromatic amines is 1. The molecule has 158 valence electrons. The summed E-state index contributed by atoms with van der Waals surface area (Å²) in [5.74, 6) is 0.713. The molecule has 0 radical (unpaired) electrons. The SMILES string of the molecule is COc1ccc2cc(CN(Cc3cccs3)C(=S)NC[C@H]3CCCO3)c(=O)[nH]c2c1. The van der Waals surface area contributed by atoms with Gasteiger partial charge in [-0.05, 0) is 60.1 Å². The molecule has 0 spiro atoms. The first-order valence-corrected chi connectivity index (χ1v) is 11.3. The van der Waals surface area contributed by atoms with Crippen LogP contribution in [0.25, 0.3) is 10.9 Å². The van der Waals surface area contributed by atoms with Gasteiger partial charge in [-0.2, -0.15) is 0 Å². The van der Waals surface area contributed by atoms with Gasteiger partial charge in [-0.1, -0.05) is 6.07 Å². The van der Waals surface area contributed by atoms with Crippen LogP contribution in [-0.4, -0.2) is 41.4 Å². The Morgan fingerprint density at radius 3 is 3.00 bits per heavy atom. The minimum atomic E-state index is -0.117. The predicted octanol–water partition coefficient (Wildman–Crippen LogP) is 3.65. The maximum atomic E-state index is 12.8. The van der Waals surface area contributed by atoms with Crippen molar-refractivity contribution in [2.24, 2.45) is 0 Å². The van der Waals surface area contributed by atoms with E-state index in [1.165, 1.54) is 4.88 Å². The molecule has 2 N–H and O–H groups in total. The molecular formula is C22H25N3O3S2. The van der Waals surface area contributed by atoms with Crippen molar-refractivity contribution in [3.63, 3.8) is 0 Å². The highest BCUT2D eigenvalue weighted by Crippen LogP contribution is 2.20. The zero-order chi connectivity index (χ0) is 20.9. The minimum absolute atomic E-state index is 0.117. The number of methoxy groups -OCH3 is 1. The first-order valence-electron chi connectivity index (χ1n) is 9.99. The van der Waals surface area contributed by atoms with Gasteiger partial charge in [-0.15, -0.1) is 11.3 Å². The number of thiophene rings is 1. The van der Waals surface area contributed by atoms with E-state index in [4.69, 9.17) is 21.7 Å². The summed E-state index contributed by atoms with van der Waals surface area (Å²) in [6.45, 7) is 2.57. The number of thiocarbonyl (C=S) groups is 1. The zero-order valence-corrected chi connectivity index (χ0v) is 18.5. The van der Waals surface area contributed by atoms with Crippen molar-refractivity contribution in [2.45, 2.75) is 32.0 Å². The molecule has 6 nitrogen and oxygen atoms in total. The van der Waals surface area contributed by atoms with E-state index in [-0.39, 0.29) is 11.7 Å². The number of ether oxygens (including phenoxy) is 2. The molecule has 1 aromatic carbocycles. The van der Waals surface area contributed by atoms with Crippen LogP contribution in [0.3, 0.4) is 0 Å². The second-order valence-electron chi connectivity index (χ2n) is 7.33. The Hall–Kier alpha value is -2.42. The number of benzene rings is 1. The molecule has 0 bridgehead atoms. The Morgan fingerprint density at radius 1 is 1.37 bits per heavy atom. The van der Waals surface area contributed by atoms with Crippen LogP contribution in [0.5, 0.6) is 5.75 Å². The molecule has 0 aliphatic carbocycles. The van der Waals surface area contributed by atoms with Gasteiger partial charge < -0.3 is 24.7 Å². The normalized spacial score (nSPS) is 16.0. The number of aromatic nitrogens is 1. The smallest absolute Gasteiger partial charge is 0.253 e. The Kier molecular flexibility index (Phi) is 6.66. The molecule has 1 aliphatic heterocycles. The molecule has 0 unspecified atom stereocenters. The molecular weight excluding hydrogens is 418 g/mol. The van der Waals surface area contributed by atoms with Crippen LogP contribution in [-0.2, 0) is 17.8 Å². The number of hydrogen-bond acceptors (Lipinski definition) is 5. The molecule has 3 aromatic rings. The van der Waals surface area contributed by atoms with Crippen LogP contribution >= 0.6 is 23.6 Å². The lowest BCUT2D eigenvalue weighted by Crippen LogP contribution is -2.42. The number of pyridine rings is 1. The maximum absolute atomic E-state index is 12.8. The first kappa shape index (κ1) is 20.8. The third kappa shape index (κ3) is 5.00. The summed E-state index contributed by atoms with van der Waals surface area (Å²) >= 11 is 7.37. The Labute approximate surface area is 184 Å². The summed E-state index contributed by atoms with van der Waals surface area (Å²) in [6, 6.07) is 11.7. The van der Waals surface area contributed by atoms with E-state index < -0.39 is 0 Å². The molecule has 2 aromatic heterocycles. The van der Waals surface area contributed by atoms with Crippen LogP contribution in [0.1, 0.15) is 23.3 Å². The van der Waals surface area contributed by atoms with Gasteiger partial charge in [-0.25, -0.2) is 0 Å². The summed E-state index contributed by atoms with van der Waals surface area (Å²) in [5.41, 5.74) is 1.31. The lowest BCUT2D eigenvalue weighted by Gasteiger charge is -2.26. The fourth-order valence-electron chi connectivity index (χ4n) is 3.58. The average Bonchev–Trinajstić information content (AvgIpc) is 3.45. The van der Waals surface area contributed by atoms with E-state index in [0.29, 0.717) is 36.1 Å². The Morgan fingerprint density at radius 2 is 2.27 bits per heavy atom. The highest BCUT2D eigenvalue weighted by atomic mass is 32.1. The van der Waals surface area contributed by atoms with Gasteiger partial charge in [0.15, 0.2) is 5.11 Å². The average molecular weight is 444 g/mol. The number of nitrogens with one attached hydrogen (secondary N) is 2. The van der Waals surface area contributed by atoms with Crippen molar-refractivity contribution in [1.82, 2.24) is 15.2 Å². The van der Waals surface area contributed by atoms with Gasteiger partial charge in [0.05, 0.1) is 31.8 Å². The van der Waals surface area contributed by atoms with Gasteiger partial charge >= 0.3 is 0 Å².